The van der Waals surface area contributed by atoms with Gasteiger partial charge in [-0.05, 0) is 54.6 Å². The van der Waals surface area contributed by atoms with E-state index in [-0.39, 0.29) is 11.3 Å². The smallest absolute Gasteiger partial charge is 0.416 e. The fraction of sp³-hybridized carbons (Fsp3) is 0.143. The quantitative estimate of drug-likeness (QED) is 0.650. The van der Waals surface area contributed by atoms with Gasteiger partial charge in [0.1, 0.15) is 17.2 Å². The van der Waals surface area contributed by atoms with Crippen LogP contribution >= 0.6 is 0 Å². The number of carbonyl (C=O) groups excluding carboxylic acids is 1. The Kier molecular flexibility index (Phi) is 5.72. The topological polar surface area (TPSA) is 60.5 Å². The molecule has 1 aromatic heterocycles. The van der Waals surface area contributed by atoms with Crippen LogP contribution in [-0.2, 0) is 6.18 Å². The summed E-state index contributed by atoms with van der Waals surface area (Å²) < 4.78 is 48.6. The number of ether oxygens (including phenoxy) is 2. The summed E-state index contributed by atoms with van der Waals surface area (Å²) in [6, 6.07) is 12.5. The van der Waals surface area contributed by atoms with E-state index in [0.717, 1.165) is 12.1 Å². The Morgan fingerprint density at radius 1 is 0.966 bits per heavy atom. The number of pyridine rings is 1. The minimum Gasteiger partial charge on any atom is -0.496 e. The molecule has 0 saturated carbocycles. The Morgan fingerprint density at radius 3 is 2.28 bits per heavy atom. The van der Waals surface area contributed by atoms with Crippen molar-refractivity contribution in [1.29, 1.82) is 0 Å². The Hall–Kier alpha value is -3.55. The molecule has 150 valence electrons. The monoisotopic (exact) mass is 402 g/mol. The van der Waals surface area contributed by atoms with E-state index in [1.54, 1.807) is 30.5 Å². The maximum absolute atomic E-state index is 12.6. The number of nitrogens with zero attached hydrogens (tertiary/aromatic N) is 1. The molecular weight excluding hydrogens is 385 g/mol. The average molecular weight is 402 g/mol. The largest absolute Gasteiger partial charge is 0.496 e. The van der Waals surface area contributed by atoms with Gasteiger partial charge in [0.15, 0.2) is 0 Å². The minimum atomic E-state index is -4.43. The third-order valence-corrected chi connectivity index (χ3v) is 4.18. The van der Waals surface area contributed by atoms with E-state index in [1.165, 1.54) is 32.4 Å². The number of amides is 1. The van der Waals surface area contributed by atoms with Crippen molar-refractivity contribution in [1.82, 2.24) is 4.98 Å². The molecule has 0 atom stereocenters. The molecule has 0 bridgehead atoms. The standard InChI is InChI=1S/C21H17F3N2O3/c1-28-17-4-3-11-25-19(17)16-10-5-13(12-18(16)29-2)20(27)26-15-8-6-14(7-9-15)21(22,23)24/h3-12H,1-2H3,(H,26,27). The van der Waals surface area contributed by atoms with Gasteiger partial charge in [-0.2, -0.15) is 13.2 Å². The molecule has 1 amide bonds. The highest BCUT2D eigenvalue weighted by Crippen LogP contribution is 2.35. The highest BCUT2D eigenvalue weighted by molar-refractivity contribution is 6.05. The molecule has 8 heteroatoms. The molecule has 1 heterocycles. The summed E-state index contributed by atoms with van der Waals surface area (Å²) in [5.74, 6) is 0.470. The van der Waals surface area contributed by atoms with Crippen LogP contribution in [0.3, 0.4) is 0 Å². The molecule has 29 heavy (non-hydrogen) atoms. The lowest BCUT2D eigenvalue weighted by atomic mass is 10.1. The summed E-state index contributed by atoms with van der Waals surface area (Å²) in [4.78, 5) is 16.8. The number of benzene rings is 2. The zero-order valence-corrected chi connectivity index (χ0v) is 15.6. The predicted molar refractivity (Wildman–Crippen MR) is 102 cm³/mol. The van der Waals surface area contributed by atoms with Gasteiger partial charge < -0.3 is 14.8 Å². The molecule has 0 unspecified atom stereocenters. The summed E-state index contributed by atoms with van der Waals surface area (Å²) in [7, 11) is 2.99. The van der Waals surface area contributed by atoms with Crippen LogP contribution in [0.4, 0.5) is 18.9 Å². The van der Waals surface area contributed by atoms with Gasteiger partial charge in [0.05, 0.1) is 19.8 Å². The number of hydrogen-bond donors (Lipinski definition) is 1. The Morgan fingerprint density at radius 2 is 1.66 bits per heavy atom. The summed E-state index contributed by atoms with van der Waals surface area (Å²) in [6.45, 7) is 0. The second-order valence-corrected chi connectivity index (χ2v) is 6.00. The molecule has 3 rings (SSSR count). The third-order valence-electron chi connectivity index (χ3n) is 4.18. The zero-order valence-electron chi connectivity index (χ0n) is 15.6. The number of hydrogen-bond acceptors (Lipinski definition) is 4. The van der Waals surface area contributed by atoms with E-state index < -0.39 is 17.6 Å². The van der Waals surface area contributed by atoms with Gasteiger partial charge in [-0.25, -0.2) is 0 Å². The molecule has 0 spiro atoms. The Bertz CT molecular complexity index is 1020. The maximum Gasteiger partial charge on any atom is 0.416 e. The van der Waals surface area contributed by atoms with Crippen molar-refractivity contribution in [2.45, 2.75) is 6.18 Å². The lowest BCUT2D eigenvalue weighted by molar-refractivity contribution is -0.137. The zero-order chi connectivity index (χ0) is 21.0. The van der Waals surface area contributed by atoms with Gasteiger partial charge in [0.25, 0.3) is 5.91 Å². The number of alkyl halides is 3. The van der Waals surface area contributed by atoms with Crippen LogP contribution in [-0.4, -0.2) is 25.1 Å². The van der Waals surface area contributed by atoms with Crippen LogP contribution in [0.25, 0.3) is 11.3 Å². The highest BCUT2D eigenvalue weighted by atomic mass is 19.4. The number of nitrogens with one attached hydrogen (secondary N) is 1. The molecule has 0 aliphatic heterocycles. The maximum atomic E-state index is 12.6. The van der Waals surface area contributed by atoms with Gasteiger partial charge in [-0.1, -0.05) is 0 Å². The number of anilines is 1. The van der Waals surface area contributed by atoms with Gasteiger partial charge in [-0.15, -0.1) is 0 Å². The number of rotatable bonds is 5. The third kappa shape index (κ3) is 4.48. The molecule has 5 nitrogen and oxygen atoms in total. The predicted octanol–water partition coefficient (Wildman–Crippen LogP) is 5.04. The van der Waals surface area contributed by atoms with Crippen molar-refractivity contribution in [2.75, 3.05) is 19.5 Å². The molecule has 2 aromatic carbocycles. The fourth-order valence-corrected chi connectivity index (χ4v) is 2.73. The van der Waals surface area contributed by atoms with Crippen LogP contribution in [0.1, 0.15) is 15.9 Å². The summed E-state index contributed by atoms with van der Waals surface area (Å²) in [5.41, 5.74) is 0.932. The first kappa shape index (κ1) is 20.2. The van der Waals surface area contributed by atoms with Crippen molar-refractivity contribution < 1.29 is 27.4 Å². The first-order valence-electron chi connectivity index (χ1n) is 8.49. The molecule has 0 fully saturated rings. The summed E-state index contributed by atoms with van der Waals surface area (Å²) >= 11 is 0. The molecule has 0 radical (unpaired) electrons. The van der Waals surface area contributed by atoms with Gasteiger partial charge >= 0.3 is 6.18 Å². The number of carbonyl (C=O) groups is 1. The minimum absolute atomic E-state index is 0.248. The number of methoxy groups -OCH3 is 2. The van der Waals surface area contributed by atoms with E-state index in [4.69, 9.17) is 9.47 Å². The number of aromatic nitrogens is 1. The lowest BCUT2D eigenvalue weighted by Crippen LogP contribution is -2.12. The van der Waals surface area contributed by atoms with E-state index in [2.05, 4.69) is 10.3 Å². The van der Waals surface area contributed by atoms with Crippen LogP contribution in [0.2, 0.25) is 0 Å². The molecular formula is C21H17F3N2O3. The fourth-order valence-electron chi connectivity index (χ4n) is 2.73. The van der Waals surface area contributed by atoms with E-state index >= 15 is 0 Å². The van der Waals surface area contributed by atoms with Crippen molar-refractivity contribution >= 4 is 11.6 Å². The van der Waals surface area contributed by atoms with E-state index in [9.17, 15) is 18.0 Å². The van der Waals surface area contributed by atoms with Gasteiger partial charge in [0.2, 0.25) is 0 Å². The van der Waals surface area contributed by atoms with Crippen LogP contribution in [0.15, 0.2) is 60.8 Å². The van der Waals surface area contributed by atoms with Gasteiger partial charge in [0, 0.05) is 23.0 Å². The van der Waals surface area contributed by atoms with E-state index in [0.29, 0.717) is 22.8 Å². The summed E-state index contributed by atoms with van der Waals surface area (Å²) in [6.07, 6.45) is -2.82. The van der Waals surface area contributed by atoms with Crippen molar-refractivity contribution in [3.8, 4) is 22.8 Å². The molecule has 0 aliphatic rings. The Labute approximate surface area is 165 Å². The normalized spacial score (nSPS) is 11.1. The van der Waals surface area contributed by atoms with Crippen molar-refractivity contribution in [3.63, 3.8) is 0 Å². The molecule has 1 N–H and O–H groups in total. The first-order valence-corrected chi connectivity index (χ1v) is 8.49. The average Bonchev–Trinajstić information content (AvgIpc) is 2.73. The highest BCUT2D eigenvalue weighted by Gasteiger charge is 2.30. The SMILES string of the molecule is COc1cc(C(=O)Nc2ccc(C(F)(F)F)cc2)ccc1-c1ncccc1OC. The first-order chi connectivity index (χ1) is 13.8. The number of halogens is 3. The molecule has 3 aromatic rings. The van der Waals surface area contributed by atoms with Crippen LogP contribution in [0.5, 0.6) is 11.5 Å². The second kappa shape index (κ2) is 8.22. The molecule has 0 aliphatic carbocycles. The lowest BCUT2D eigenvalue weighted by Gasteiger charge is -2.13. The van der Waals surface area contributed by atoms with Gasteiger partial charge in [-0.3, -0.25) is 9.78 Å². The van der Waals surface area contributed by atoms with Crippen molar-refractivity contribution in [3.05, 3.63) is 71.9 Å². The molecule has 0 saturated heterocycles. The van der Waals surface area contributed by atoms with E-state index in [1.807, 2.05) is 0 Å². The summed E-state index contributed by atoms with van der Waals surface area (Å²) in [5, 5.41) is 2.57. The van der Waals surface area contributed by atoms with Crippen LogP contribution in [0, 0.1) is 0 Å². The van der Waals surface area contributed by atoms with Crippen LogP contribution < -0.4 is 14.8 Å². The second-order valence-electron chi connectivity index (χ2n) is 6.00. The Balaban J connectivity index is 1.85. The van der Waals surface area contributed by atoms with Crippen molar-refractivity contribution in [2.24, 2.45) is 0 Å².